The van der Waals surface area contributed by atoms with Gasteiger partial charge in [-0.15, -0.1) is 0 Å². The second kappa shape index (κ2) is 18.4. The van der Waals surface area contributed by atoms with Crippen molar-refractivity contribution in [2.45, 2.75) is 51.6 Å². The third-order valence-electron chi connectivity index (χ3n) is 9.10. The first-order valence-electron chi connectivity index (χ1n) is 17.7. The molecule has 7 nitrogen and oxygen atoms in total. The summed E-state index contributed by atoms with van der Waals surface area (Å²) in [6, 6.07) is 18.1. The van der Waals surface area contributed by atoms with E-state index >= 15 is 0 Å². The van der Waals surface area contributed by atoms with Crippen LogP contribution in [0.1, 0.15) is 72.2 Å². The van der Waals surface area contributed by atoms with E-state index in [0.29, 0.717) is 12.1 Å². The minimum atomic E-state index is -0.683. The molecule has 0 aliphatic carbocycles. The first-order valence-corrected chi connectivity index (χ1v) is 17.7. The number of benzene rings is 4. The first-order chi connectivity index (χ1) is 25.5. The molecule has 2 aliphatic rings. The minimum absolute atomic E-state index is 0.120. The molecule has 2 unspecified atom stereocenters. The third-order valence-corrected chi connectivity index (χ3v) is 9.10. The van der Waals surface area contributed by atoms with Crippen molar-refractivity contribution in [3.8, 4) is 0 Å². The molecular weight excluding hydrogens is 684 g/mol. The number of nitrogens with zero attached hydrogens (tertiary/aromatic N) is 1. The Morgan fingerprint density at radius 1 is 0.736 bits per heavy atom. The number of carbonyl (C=O) groups excluding carboxylic acids is 2. The van der Waals surface area contributed by atoms with Crippen molar-refractivity contribution in [1.82, 2.24) is 10.6 Å². The molecular formula is C42H44F4N4O3. The molecule has 2 amide bonds. The lowest BCUT2D eigenvalue weighted by molar-refractivity contribution is -0.117. The van der Waals surface area contributed by atoms with Crippen LogP contribution in [0, 0.1) is 23.3 Å². The van der Waals surface area contributed by atoms with E-state index in [2.05, 4.69) is 33.0 Å². The number of β-amino-alcohol motifs (C(OH)–C–C–N with tert-alkyl or cyclic N) is 1. The Kier molecular flexibility index (Phi) is 13.4. The number of aryl methyl sites for hydroxylation is 2. The number of nitrogens with one attached hydrogen (secondary N) is 3. The van der Waals surface area contributed by atoms with E-state index in [1.165, 1.54) is 47.6 Å². The van der Waals surface area contributed by atoms with Gasteiger partial charge in [0, 0.05) is 55.3 Å². The standard InChI is InChI=1S/C22H24F2N2O2.C20H20F2N2O/c1-15(25-22(28)7-4-16-11-19(23)14-20(24)12-16)17-5-6-21-18(13-17)3-2-8-26(21)9-10-27;1-13(15-5-6-19-16(11-15)3-2-8-23-19)24-20(25)7-4-14-9-17(21)12-18(22)10-14/h4-7,11-15,27H,2-3,8-10H2,1H3,(H,25,28);4-7,9-13,23H,2-3,8H2,1H3,(H,24,25)/b2*7-4+. The number of hydrogen-bond acceptors (Lipinski definition) is 5. The number of fused-ring (bicyclic) bond motifs is 2. The second-order valence-electron chi connectivity index (χ2n) is 13.2. The number of halogens is 4. The Morgan fingerprint density at radius 3 is 1.79 bits per heavy atom. The van der Waals surface area contributed by atoms with Gasteiger partial charge in [0.05, 0.1) is 18.7 Å². The molecule has 4 N–H and O–H groups in total. The summed E-state index contributed by atoms with van der Waals surface area (Å²) in [5.74, 6) is -3.35. The molecule has 0 saturated carbocycles. The topological polar surface area (TPSA) is 93.7 Å². The van der Waals surface area contributed by atoms with Crippen LogP contribution in [-0.2, 0) is 22.4 Å². The Labute approximate surface area is 307 Å². The van der Waals surface area contributed by atoms with Crippen LogP contribution in [0.25, 0.3) is 12.2 Å². The van der Waals surface area contributed by atoms with Gasteiger partial charge in [-0.1, -0.05) is 24.3 Å². The van der Waals surface area contributed by atoms with Gasteiger partial charge < -0.3 is 26.0 Å². The summed E-state index contributed by atoms with van der Waals surface area (Å²) < 4.78 is 52.7. The maximum Gasteiger partial charge on any atom is 0.244 e. The second-order valence-corrected chi connectivity index (χ2v) is 13.2. The van der Waals surface area contributed by atoms with Crippen molar-refractivity contribution in [3.63, 3.8) is 0 Å². The normalized spacial score (nSPS) is 14.7. The molecule has 278 valence electrons. The van der Waals surface area contributed by atoms with Gasteiger partial charge in [0.2, 0.25) is 11.8 Å². The van der Waals surface area contributed by atoms with Gasteiger partial charge in [-0.25, -0.2) is 17.6 Å². The number of anilines is 2. The van der Waals surface area contributed by atoms with Gasteiger partial charge in [-0.2, -0.15) is 0 Å². The molecule has 0 saturated heterocycles. The quantitative estimate of drug-likeness (QED) is 0.0988. The highest BCUT2D eigenvalue weighted by molar-refractivity contribution is 5.92. The predicted molar refractivity (Wildman–Crippen MR) is 201 cm³/mol. The fourth-order valence-corrected chi connectivity index (χ4v) is 6.46. The average Bonchev–Trinajstić information content (AvgIpc) is 3.12. The molecule has 0 aromatic heterocycles. The Balaban J connectivity index is 0.000000206. The number of aliphatic hydroxyl groups excluding tert-OH is 1. The van der Waals surface area contributed by atoms with E-state index in [9.17, 15) is 32.3 Å². The summed E-state index contributed by atoms with van der Waals surface area (Å²) in [6.07, 6.45) is 9.46. The van der Waals surface area contributed by atoms with Gasteiger partial charge in [0.15, 0.2) is 0 Å². The van der Waals surface area contributed by atoms with Crippen molar-refractivity contribution in [1.29, 1.82) is 0 Å². The van der Waals surface area contributed by atoms with E-state index in [1.807, 2.05) is 38.1 Å². The SMILES string of the molecule is CC(NC(=O)/C=C/c1cc(F)cc(F)c1)c1ccc2c(c1)CCCN2.CC(NC(=O)/C=C/c1cc(F)cc(F)c1)c1ccc2c(c1)CCCN2CCO. The van der Waals surface area contributed by atoms with E-state index in [-0.39, 0.29) is 36.1 Å². The molecule has 2 heterocycles. The maximum atomic E-state index is 13.2. The van der Waals surface area contributed by atoms with Gasteiger partial charge >= 0.3 is 0 Å². The van der Waals surface area contributed by atoms with Crippen molar-refractivity contribution in [2.24, 2.45) is 0 Å². The number of rotatable bonds is 10. The van der Waals surface area contributed by atoms with E-state index in [4.69, 9.17) is 0 Å². The summed E-state index contributed by atoms with van der Waals surface area (Å²) >= 11 is 0. The molecule has 0 radical (unpaired) electrons. The van der Waals surface area contributed by atoms with Crippen LogP contribution in [-0.4, -0.2) is 43.2 Å². The molecule has 0 fully saturated rings. The molecule has 4 aromatic carbocycles. The van der Waals surface area contributed by atoms with Crippen molar-refractivity contribution in [3.05, 3.63) is 142 Å². The fraction of sp³-hybridized carbons (Fsp3) is 0.286. The largest absolute Gasteiger partial charge is 0.395 e. The maximum absolute atomic E-state index is 13.2. The Morgan fingerprint density at radius 2 is 1.25 bits per heavy atom. The Hall–Kier alpha value is -5.42. The lowest BCUT2D eigenvalue weighted by atomic mass is 9.97. The molecule has 0 spiro atoms. The summed E-state index contributed by atoms with van der Waals surface area (Å²) in [5.41, 5.74) is 7.37. The summed E-state index contributed by atoms with van der Waals surface area (Å²) in [4.78, 5) is 26.4. The number of carbonyl (C=O) groups is 2. The monoisotopic (exact) mass is 728 g/mol. The number of aliphatic hydroxyl groups is 1. The van der Waals surface area contributed by atoms with Gasteiger partial charge in [-0.3, -0.25) is 9.59 Å². The third kappa shape index (κ3) is 11.3. The van der Waals surface area contributed by atoms with E-state index in [0.717, 1.165) is 85.5 Å². The van der Waals surface area contributed by atoms with E-state index < -0.39 is 23.3 Å². The van der Waals surface area contributed by atoms with Crippen molar-refractivity contribution < 1.29 is 32.3 Å². The minimum Gasteiger partial charge on any atom is -0.395 e. The summed E-state index contributed by atoms with van der Waals surface area (Å²) in [7, 11) is 0. The molecule has 4 aromatic rings. The fourth-order valence-electron chi connectivity index (χ4n) is 6.46. The van der Waals surface area contributed by atoms with Crippen molar-refractivity contribution >= 4 is 35.3 Å². The van der Waals surface area contributed by atoms with Gasteiger partial charge in [-0.05, 0) is 121 Å². The summed E-state index contributed by atoms with van der Waals surface area (Å²) in [5, 5.41) is 18.3. The van der Waals surface area contributed by atoms with Crippen LogP contribution < -0.4 is 20.9 Å². The van der Waals surface area contributed by atoms with Gasteiger partial charge in [0.25, 0.3) is 0 Å². The number of amides is 2. The molecule has 53 heavy (non-hydrogen) atoms. The van der Waals surface area contributed by atoms with E-state index in [1.54, 1.807) is 0 Å². The molecule has 2 atom stereocenters. The highest BCUT2D eigenvalue weighted by Gasteiger charge is 2.18. The summed E-state index contributed by atoms with van der Waals surface area (Å²) in [6.45, 7) is 6.46. The average molecular weight is 729 g/mol. The molecule has 2 aliphatic heterocycles. The first kappa shape index (κ1) is 38.8. The van der Waals surface area contributed by atoms with Crippen LogP contribution in [0.4, 0.5) is 28.9 Å². The lowest BCUT2D eigenvalue weighted by Crippen LogP contribution is -2.32. The van der Waals surface area contributed by atoms with Crippen LogP contribution in [0.5, 0.6) is 0 Å². The smallest absolute Gasteiger partial charge is 0.244 e. The zero-order valence-electron chi connectivity index (χ0n) is 29.8. The van der Waals surface area contributed by atoms with Crippen LogP contribution in [0.15, 0.2) is 84.9 Å². The zero-order valence-corrected chi connectivity index (χ0v) is 29.8. The predicted octanol–water partition coefficient (Wildman–Crippen LogP) is 7.81. The van der Waals surface area contributed by atoms with Crippen LogP contribution in [0.2, 0.25) is 0 Å². The lowest BCUT2D eigenvalue weighted by Gasteiger charge is -2.31. The zero-order chi connectivity index (χ0) is 37.9. The number of hydrogen-bond donors (Lipinski definition) is 4. The molecule has 11 heteroatoms. The molecule has 0 bridgehead atoms. The van der Waals surface area contributed by atoms with Gasteiger partial charge in [0.1, 0.15) is 23.3 Å². The Bertz CT molecular complexity index is 1940. The molecule has 6 rings (SSSR count). The van der Waals surface area contributed by atoms with Crippen molar-refractivity contribution in [2.75, 3.05) is 36.5 Å². The highest BCUT2D eigenvalue weighted by atomic mass is 19.1. The highest BCUT2D eigenvalue weighted by Crippen LogP contribution is 2.30. The van der Waals surface area contributed by atoms with Crippen LogP contribution >= 0.6 is 0 Å². The van der Waals surface area contributed by atoms with Crippen LogP contribution in [0.3, 0.4) is 0 Å².